The number of carbonyl (C=O) groups is 1. The molecule has 5 heteroatoms. The molecule has 0 saturated carbocycles. The Bertz CT molecular complexity index is 876. The number of rotatable bonds is 13. The molecule has 0 N–H and O–H groups in total. The fourth-order valence-corrected chi connectivity index (χ4v) is 4.26. The lowest BCUT2D eigenvalue weighted by molar-refractivity contribution is -0.117. The highest BCUT2D eigenvalue weighted by atomic mass is 16.5. The van der Waals surface area contributed by atoms with Gasteiger partial charge in [0, 0.05) is 12.1 Å². The van der Waals surface area contributed by atoms with Gasteiger partial charge in [-0.1, -0.05) is 56.9 Å². The Hall–Kier alpha value is -2.79. The second-order valence-corrected chi connectivity index (χ2v) is 8.52. The lowest BCUT2D eigenvalue weighted by Gasteiger charge is -2.24. The third-order valence-electron chi connectivity index (χ3n) is 6.16. The second kappa shape index (κ2) is 13.0. The van der Waals surface area contributed by atoms with E-state index in [1.165, 1.54) is 19.3 Å². The summed E-state index contributed by atoms with van der Waals surface area (Å²) in [5.41, 5.74) is 3.20. The topological polar surface area (TPSA) is 48.0 Å². The molecule has 1 aliphatic rings. The Morgan fingerprint density at radius 2 is 1.79 bits per heavy atom. The fraction of sp³-hybridized carbons (Fsp3) is 0.464. The van der Waals surface area contributed by atoms with E-state index >= 15 is 0 Å². The van der Waals surface area contributed by atoms with Crippen molar-refractivity contribution in [2.24, 2.45) is 0 Å². The molecule has 1 saturated heterocycles. The predicted octanol–water partition coefficient (Wildman–Crippen LogP) is 6.58. The molecule has 1 heterocycles. The lowest BCUT2D eigenvalue weighted by atomic mass is 10.0. The summed E-state index contributed by atoms with van der Waals surface area (Å²) in [6, 6.07) is 16.4. The Morgan fingerprint density at radius 3 is 2.45 bits per heavy atom. The monoisotopic (exact) mass is 451 g/mol. The van der Waals surface area contributed by atoms with Gasteiger partial charge in [0.2, 0.25) is 5.91 Å². The van der Waals surface area contributed by atoms with Crippen molar-refractivity contribution in [3.05, 3.63) is 72.0 Å². The van der Waals surface area contributed by atoms with Crippen molar-refractivity contribution in [2.45, 2.75) is 70.6 Å². The number of amides is 1. The van der Waals surface area contributed by atoms with E-state index < -0.39 is 0 Å². The van der Waals surface area contributed by atoms with E-state index in [1.54, 1.807) is 20.5 Å². The van der Waals surface area contributed by atoms with Gasteiger partial charge in [0.05, 0.1) is 39.2 Å². The van der Waals surface area contributed by atoms with Crippen molar-refractivity contribution in [1.82, 2.24) is 0 Å². The van der Waals surface area contributed by atoms with E-state index in [0.717, 1.165) is 41.8 Å². The molecule has 0 radical (unpaired) electrons. The first-order valence-electron chi connectivity index (χ1n) is 12.0. The molecule has 1 fully saturated rings. The highest BCUT2D eigenvalue weighted by Gasteiger charge is 2.30. The van der Waals surface area contributed by atoms with Crippen LogP contribution in [0.25, 0.3) is 0 Å². The summed E-state index contributed by atoms with van der Waals surface area (Å²) in [6.45, 7) is 2.78. The summed E-state index contributed by atoms with van der Waals surface area (Å²) >= 11 is 0. The highest BCUT2D eigenvalue weighted by Crippen LogP contribution is 2.31. The van der Waals surface area contributed by atoms with Crippen LogP contribution in [0.2, 0.25) is 0 Å². The molecular weight excluding hydrogens is 414 g/mol. The third-order valence-corrected chi connectivity index (χ3v) is 6.16. The van der Waals surface area contributed by atoms with E-state index in [2.05, 4.69) is 19.1 Å². The number of hydrogen-bond donors (Lipinski definition) is 0. The molecular formula is C28H37NO4. The van der Waals surface area contributed by atoms with Gasteiger partial charge in [0.1, 0.15) is 5.75 Å². The van der Waals surface area contributed by atoms with Crippen LogP contribution in [0.1, 0.15) is 69.1 Å². The normalized spacial score (nSPS) is 17.0. The van der Waals surface area contributed by atoms with Gasteiger partial charge in [0.15, 0.2) is 0 Å². The zero-order valence-electron chi connectivity index (χ0n) is 20.2. The van der Waals surface area contributed by atoms with Gasteiger partial charge < -0.3 is 19.1 Å². The van der Waals surface area contributed by atoms with Crippen LogP contribution >= 0.6 is 0 Å². The second-order valence-electron chi connectivity index (χ2n) is 8.52. The zero-order valence-corrected chi connectivity index (χ0v) is 20.2. The first-order chi connectivity index (χ1) is 16.2. The Kier molecular flexibility index (Phi) is 9.82. The van der Waals surface area contributed by atoms with E-state index in [-0.39, 0.29) is 18.1 Å². The van der Waals surface area contributed by atoms with Crippen LogP contribution < -0.4 is 9.64 Å². The Morgan fingerprint density at radius 1 is 1.03 bits per heavy atom. The maximum Gasteiger partial charge on any atom is 0.227 e. The molecule has 1 aliphatic heterocycles. The minimum Gasteiger partial charge on any atom is -0.505 e. The number of hydrogen-bond acceptors (Lipinski definition) is 4. The van der Waals surface area contributed by atoms with Crippen LogP contribution in [-0.4, -0.2) is 26.2 Å². The number of benzene rings is 2. The Balaban J connectivity index is 1.70. The largest absolute Gasteiger partial charge is 0.505 e. The molecule has 0 aromatic heterocycles. The van der Waals surface area contributed by atoms with Crippen molar-refractivity contribution >= 4 is 11.6 Å². The predicted molar refractivity (Wildman–Crippen MR) is 132 cm³/mol. The molecule has 2 atom stereocenters. The van der Waals surface area contributed by atoms with Crippen LogP contribution in [0.15, 0.2) is 60.9 Å². The average Bonchev–Trinajstić information content (AvgIpc) is 3.22. The molecule has 0 spiro atoms. The zero-order chi connectivity index (χ0) is 23.5. The summed E-state index contributed by atoms with van der Waals surface area (Å²) in [5.74, 6) is 1.00. The SMILES string of the molecule is CCCCCCC(OCc1ccc(OC)cc1)c1ccc(N2C(=O)CC[C@@H]2/C=C/OC)cc1. The third kappa shape index (κ3) is 7.10. The van der Waals surface area contributed by atoms with Crippen molar-refractivity contribution in [3.63, 3.8) is 0 Å². The van der Waals surface area contributed by atoms with Crippen LogP contribution in [0.5, 0.6) is 5.75 Å². The molecule has 0 aliphatic carbocycles. The van der Waals surface area contributed by atoms with Gasteiger partial charge in [-0.05, 0) is 54.3 Å². The van der Waals surface area contributed by atoms with E-state index in [1.807, 2.05) is 47.4 Å². The average molecular weight is 452 g/mol. The number of ether oxygens (including phenoxy) is 3. The number of unbranched alkanes of at least 4 members (excludes halogenated alkanes) is 3. The quantitative estimate of drug-likeness (QED) is 0.255. The van der Waals surface area contributed by atoms with Crippen LogP contribution in [0.4, 0.5) is 5.69 Å². The summed E-state index contributed by atoms with van der Waals surface area (Å²) in [5, 5.41) is 0. The number of anilines is 1. The van der Waals surface area contributed by atoms with Crippen molar-refractivity contribution < 1.29 is 19.0 Å². The standard InChI is InChI=1S/C28H37NO4/c1-4-5-6-7-8-27(33-21-22-9-16-26(32-3)17-10-22)23-11-13-24(14-12-23)29-25(19-20-31-2)15-18-28(29)30/h9-14,16-17,19-20,25,27H,4-8,15,18,21H2,1-3H3/b20-19+/t25-,27?/m1/s1. The molecule has 2 aromatic rings. The van der Waals surface area contributed by atoms with E-state index in [0.29, 0.717) is 13.0 Å². The molecule has 2 aromatic carbocycles. The van der Waals surface area contributed by atoms with Crippen LogP contribution in [0, 0.1) is 0 Å². The molecule has 1 amide bonds. The van der Waals surface area contributed by atoms with Crippen molar-refractivity contribution in [1.29, 1.82) is 0 Å². The van der Waals surface area contributed by atoms with Gasteiger partial charge in [-0.15, -0.1) is 0 Å². The van der Waals surface area contributed by atoms with Crippen LogP contribution in [-0.2, 0) is 20.9 Å². The van der Waals surface area contributed by atoms with Gasteiger partial charge >= 0.3 is 0 Å². The first kappa shape index (κ1) is 24.8. The highest BCUT2D eigenvalue weighted by molar-refractivity contribution is 5.96. The summed E-state index contributed by atoms with van der Waals surface area (Å²) in [6.07, 6.45) is 10.8. The summed E-state index contributed by atoms with van der Waals surface area (Å²) < 4.78 is 16.7. The van der Waals surface area contributed by atoms with Gasteiger partial charge in [0.25, 0.3) is 0 Å². The van der Waals surface area contributed by atoms with E-state index in [4.69, 9.17) is 14.2 Å². The summed E-state index contributed by atoms with van der Waals surface area (Å²) in [7, 11) is 3.30. The molecule has 0 bridgehead atoms. The smallest absolute Gasteiger partial charge is 0.227 e. The first-order valence-corrected chi connectivity index (χ1v) is 12.0. The molecule has 5 nitrogen and oxygen atoms in total. The maximum atomic E-state index is 12.5. The molecule has 3 rings (SSSR count). The number of carbonyl (C=O) groups excluding carboxylic acids is 1. The molecule has 33 heavy (non-hydrogen) atoms. The minimum atomic E-state index is 0.0245. The molecule has 1 unspecified atom stereocenters. The molecule has 178 valence electrons. The van der Waals surface area contributed by atoms with Crippen molar-refractivity contribution in [2.75, 3.05) is 19.1 Å². The summed E-state index contributed by atoms with van der Waals surface area (Å²) in [4.78, 5) is 14.4. The lowest BCUT2D eigenvalue weighted by Crippen LogP contribution is -2.31. The number of nitrogens with zero attached hydrogens (tertiary/aromatic N) is 1. The van der Waals surface area contributed by atoms with Gasteiger partial charge in [-0.3, -0.25) is 4.79 Å². The number of methoxy groups -OCH3 is 2. The van der Waals surface area contributed by atoms with Gasteiger partial charge in [-0.2, -0.15) is 0 Å². The maximum absolute atomic E-state index is 12.5. The van der Waals surface area contributed by atoms with E-state index in [9.17, 15) is 4.79 Å². The fourth-order valence-electron chi connectivity index (χ4n) is 4.26. The van der Waals surface area contributed by atoms with Crippen LogP contribution in [0.3, 0.4) is 0 Å². The van der Waals surface area contributed by atoms with Gasteiger partial charge in [-0.25, -0.2) is 0 Å². The minimum absolute atomic E-state index is 0.0245. The Labute approximate surface area is 198 Å². The van der Waals surface area contributed by atoms with Crippen molar-refractivity contribution in [3.8, 4) is 5.75 Å².